The molecule has 1 saturated heterocycles. The van der Waals surface area contributed by atoms with Crippen molar-refractivity contribution in [2.75, 3.05) is 26.3 Å². The second-order valence-electron chi connectivity index (χ2n) is 7.42. The fourth-order valence-corrected chi connectivity index (χ4v) is 3.97. The van der Waals surface area contributed by atoms with Crippen LogP contribution in [0.15, 0.2) is 42.7 Å². The van der Waals surface area contributed by atoms with E-state index in [2.05, 4.69) is 38.8 Å². The maximum atomic E-state index is 13.1. The van der Waals surface area contributed by atoms with E-state index in [0.717, 1.165) is 41.0 Å². The molecule has 0 unspecified atom stereocenters. The molecule has 3 heterocycles. The lowest BCUT2D eigenvalue weighted by Crippen LogP contribution is -2.45. The number of aromatic nitrogens is 3. The molecule has 1 aliphatic carbocycles. The van der Waals surface area contributed by atoms with Crippen molar-refractivity contribution in [3.8, 4) is 5.69 Å². The van der Waals surface area contributed by atoms with Gasteiger partial charge in [0.1, 0.15) is 11.5 Å². The van der Waals surface area contributed by atoms with Gasteiger partial charge in [-0.05, 0) is 43.5 Å². The Morgan fingerprint density at radius 3 is 2.56 bits per heavy atom. The number of fused-ring (bicyclic) bond motifs is 1. The van der Waals surface area contributed by atoms with Crippen LogP contribution in [0.5, 0.6) is 0 Å². The average molecular weight is 362 g/mol. The number of nitrogens with zero attached hydrogens (tertiary/aromatic N) is 4. The molecule has 0 radical (unpaired) electrons. The van der Waals surface area contributed by atoms with Crippen molar-refractivity contribution in [3.63, 3.8) is 0 Å². The predicted octanol–water partition coefficient (Wildman–Crippen LogP) is 2.62. The molecule has 1 saturated carbocycles. The van der Waals surface area contributed by atoms with E-state index in [-0.39, 0.29) is 11.3 Å². The lowest BCUT2D eigenvalue weighted by Gasteiger charge is -2.30. The summed E-state index contributed by atoms with van der Waals surface area (Å²) in [5.74, 6) is 1.01. The van der Waals surface area contributed by atoms with Crippen molar-refractivity contribution >= 4 is 16.9 Å². The summed E-state index contributed by atoms with van der Waals surface area (Å²) < 4.78 is 7.45. The average Bonchev–Trinajstić information content (AvgIpc) is 3.42. The number of hydrogen-bond donors (Lipinski definition) is 0. The molecule has 2 aromatic heterocycles. The molecule has 1 aliphatic heterocycles. The van der Waals surface area contributed by atoms with Gasteiger partial charge >= 0.3 is 0 Å². The Morgan fingerprint density at radius 1 is 1.11 bits per heavy atom. The zero-order chi connectivity index (χ0) is 18.4. The van der Waals surface area contributed by atoms with Crippen LogP contribution in [0.25, 0.3) is 16.7 Å². The van der Waals surface area contributed by atoms with Crippen molar-refractivity contribution in [1.29, 1.82) is 0 Å². The molecule has 5 rings (SSSR count). The van der Waals surface area contributed by atoms with Gasteiger partial charge in [-0.1, -0.05) is 12.1 Å². The van der Waals surface area contributed by atoms with Gasteiger partial charge in [0.25, 0.3) is 0 Å². The standard InChI is InChI=1S/C21H22N4O2/c1-15-22-14-16-6-9-25(19(16)23-15)18-4-2-17(3-5-18)21(7-8-21)20(26)24-10-12-27-13-11-24/h2-6,9,14H,7-8,10-13H2,1H3. The van der Waals surface area contributed by atoms with Crippen LogP contribution in [0.4, 0.5) is 0 Å². The topological polar surface area (TPSA) is 60.2 Å². The SMILES string of the molecule is Cc1ncc2ccn(-c3ccc(C4(C(=O)N5CCOCC5)CC4)cc3)c2n1. The number of aryl methyl sites for hydroxylation is 1. The first kappa shape index (κ1) is 16.4. The Kier molecular flexibility index (Phi) is 3.75. The zero-order valence-corrected chi connectivity index (χ0v) is 15.4. The molecule has 138 valence electrons. The van der Waals surface area contributed by atoms with E-state index in [1.165, 1.54) is 0 Å². The van der Waals surface area contributed by atoms with Crippen LogP contribution in [0.3, 0.4) is 0 Å². The van der Waals surface area contributed by atoms with Crippen LogP contribution in [0.1, 0.15) is 24.2 Å². The number of morpholine rings is 1. The number of carbonyl (C=O) groups excluding carboxylic acids is 1. The second kappa shape index (κ2) is 6.16. The minimum Gasteiger partial charge on any atom is -0.378 e. The second-order valence-corrected chi connectivity index (χ2v) is 7.42. The van der Waals surface area contributed by atoms with Gasteiger partial charge in [0, 0.05) is 36.6 Å². The van der Waals surface area contributed by atoms with E-state index in [4.69, 9.17) is 4.74 Å². The van der Waals surface area contributed by atoms with E-state index >= 15 is 0 Å². The monoisotopic (exact) mass is 362 g/mol. The van der Waals surface area contributed by atoms with E-state index in [1.807, 2.05) is 30.3 Å². The third-order valence-corrected chi connectivity index (χ3v) is 5.70. The van der Waals surface area contributed by atoms with Gasteiger partial charge < -0.3 is 14.2 Å². The fraction of sp³-hybridized carbons (Fsp3) is 0.381. The summed E-state index contributed by atoms with van der Waals surface area (Å²) in [4.78, 5) is 23.8. The molecule has 6 nitrogen and oxygen atoms in total. The molecule has 0 N–H and O–H groups in total. The molecular weight excluding hydrogens is 340 g/mol. The van der Waals surface area contributed by atoms with Crippen LogP contribution >= 0.6 is 0 Å². The van der Waals surface area contributed by atoms with Crippen LogP contribution in [-0.4, -0.2) is 51.6 Å². The highest BCUT2D eigenvalue weighted by atomic mass is 16.5. The highest BCUT2D eigenvalue weighted by Gasteiger charge is 2.53. The van der Waals surface area contributed by atoms with Gasteiger partial charge in [0.2, 0.25) is 5.91 Å². The van der Waals surface area contributed by atoms with Crippen molar-refractivity contribution in [2.45, 2.75) is 25.2 Å². The molecule has 1 aromatic carbocycles. The normalized spacial score (nSPS) is 18.6. The fourth-order valence-electron chi connectivity index (χ4n) is 3.97. The Balaban J connectivity index is 1.44. The summed E-state index contributed by atoms with van der Waals surface area (Å²) in [7, 11) is 0. The van der Waals surface area contributed by atoms with Crippen molar-refractivity contribution in [2.24, 2.45) is 0 Å². The van der Waals surface area contributed by atoms with Crippen molar-refractivity contribution in [3.05, 3.63) is 54.1 Å². The van der Waals surface area contributed by atoms with Crippen molar-refractivity contribution < 1.29 is 9.53 Å². The molecule has 2 aliphatic rings. The van der Waals surface area contributed by atoms with E-state index in [9.17, 15) is 4.79 Å². The van der Waals surface area contributed by atoms with Crippen LogP contribution in [0, 0.1) is 6.92 Å². The van der Waals surface area contributed by atoms with Gasteiger partial charge in [-0.2, -0.15) is 0 Å². The Labute approximate surface area is 157 Å². The zero-order valence-electron chi connectivity index (χ0n) is 15.4. The van der Waals surface area contributed by atoms with E-state index < -0.39 is 0 Å². The number of benzene rings is 1. The highest BCUT2D eigenvalue weighted by Crippen LogP contribution is 2.49. The number of rotatable bonds is 3. The van der Waals surface area contributed by atoms with Gasteiger partial charge in [-0.15, -0.1) is 0 Å². The predicted molar refractivity (Wildman–Crippen MR) is 102 cm³/mol. The molecule has 0 bridgehead atoms. The number of carbonyl (C=O) groups is 1. The molecule has 3 aromatic rings. The van der Waals surface area contributed by atoms with Crippen molar-refractivity contribution in [1.82, 2.24) is 19.4 Å². The summed E-state index contributed by atoms with van der Waals surface area (Å²) in [6, 6.07) is 10.4. The van der Waals surface area contributed by atoms with Gasteiger partial charge in [-0.25, -0.2) is 9.97 Å². The first-order valence-corrected chi connectivity index (χ1v) is 9.46. The lowest BCUT2D eigenvalue weighted by atomic mass is 9.94. The number of ether oxygens (including phenoxy) is 1. The van der Waals surface area contributed by atoms with Crippen LogP contribution < -0.4 is 0 Å². The summed E-state index contributed by atoms with van der Waals surface area (Å²) >= 11 is 0. The molecule has 2 fully saturated rings. The van der Waals surface area contributed by atoms with Gasteiger partial charge in [-0.3, -0.25) is 4.79 Å². The highest BCUT2D eigenvalue weighted by molar-refractivity contribution is 5.91. The van der Waals surface area contributed by atoms with Crippen LogP contribution in [-0.2, 0) is 14.9 Å². The Morgan fingerprint density at radius 2 is 1.85 bits per heavy atom. The summed E-state index contributed by atoms with van der Waals surface area (Å²) in [6.45, 7) is 4.58. The van der Waals surface area contributed by atoms with E-state index in [0.29, 0.717) is 26.3 Å². The molecule has 6 heteroatoms. The third kappa shape index (κ3) is 2.72. The third-order valence-electron chi connectivity index (χ3n) is 5.70. The first-order chi connectivity index (χ1) is 13.2. The first-order valence-electron chi connectivity index (χ1n) is 9.46. The molecule has 27 heavy (non-hydrogen) atoms. The molecule has 0 atom stereocenters. The largest absolute Gasteiger partial charge is 0.378 e. The molecule has 1 amide bonds. The van der Waals surface area contributed by atoms with Gasteiger partial charge in [0.15, 0.2) is 0 Å². The minimum absolute atomic E-state index is 0.258. The summed E-state index contributed by atoms with van der Waals surface area (Å²) in [5, 5.41) is 1.02. The van der Waals surface area contributed by atoms with Gasteiger partial charge in [0.05, 0.1) is 18.6 Å². The molecule has 0 spiro atoms. The smallest absolute Gasteiger partial charge is 0.233 e. The Bertz CT molecular complexity index is 999. The number of hydrogen-bond acceptors (Lipinski definition) is 4. The summed E-state index contributed by atoms with van der Waals surface area (Å²) in [5.41, 5.74) is 2.74. The summed E-state index contributed by atoms with van der Waals surface area (Å²) in [6.07, 6.45) is 5.73. The minimum atomic E-state index is -0.326. The quantitative estimate of drug-likeness (QED) is 0.719. The lowest BCUT2D eigenvalue weighted by molar-refractivity contribution is -0.138. The van der Waals surface area contributed by atoms with E-state index in [1.54, 1.807) is 0 Å². The molecular formula is C21H22N4O2. The number of amides is 1. The maximum absolute atomic E-state index is 13.1. The Hall–Kier alpha value is -2.73. The van der Waals surface area contributed by atoms with Crippen LogP contribution in [0.2, 0.25) is 0 Å². The maximum Gasteiger partial charge on any atom is 0.233 e.